The first kappa shape index (κ1) is 12.5. The van der Waals surface area contributed by atoms with E-state index in [2.05, 4.69) is 35.2 Å². The Kier molecular flexibility index (Phi) is 4.51. The summed E-state index contributed by atoms with van der Waals surface area (Å²) in [5, 5.41) is 3.42. The number of aromatic nitrogens is 1. The van der Waals surface area contributed by atoms with Crippen molar-refractivity contribution >= 4 is 0 Å². The molecule has 0 radical (unpaired) electrons. The Labute approximate surface area is 104 Å². The molecule has 1 aromatic rings. The molecule has 1 atom stereocenters. The number of pyridine rings is 1. The lowest BCUT2D eigenvalue weighted by Gasteiger charge is -2.31. The molecule has 2 rings (SSSR count). The molecule has 2 heterocycles. The van der Waals surface area contributed by atoms with E-state index in [1.165, 1.54) is 38.0 Å². The van der Waals surface area contributed by atoms with Gasteiger partial charge in [-0.05, 0) is 57.5 Å². The Morgan fingerprint density at radius 2 is 2.24 bits per heavy atom. The predicted molar refractivity (Wildman–Crippen MR) is 70.9 cm³/mol. The molecule has 1 saturated heterocycles. The van der Waals surface area contributed by atoms with E-state index in [0.717, 1.165) is 5.92 Å². The number of nitrogens with one attached hydrogen (secondary N) is 1. The van der Waals surface area contributed by atoms with Gasteiger partial charge in [-0.1, -0.05) is 6.07 Å². The second-order valence-corrected chi connectivity index (χ2v) is 5.10. The predicted octanol–water partition coefficient (Wildman–Crippen LogP) is 2.07. The van der Waals surface area contributed by atoms with Crippen LogP contribution in [0.25, 0.3) is 0 Å². The van der Waals surface area contributed by atoms with Crippen LogP contribution in [0.2, 0.25) is 0 Å². The first-order valence-electron chi connectivity index (χ1n) is 6.58. The van der Waals surface area contributed by atoms with E-state index in [-0.39, 0.29) is 0 Å². The lowest BCUT2D eigenvalue weighted by atomic mass is 9.96. The zero-order chi connectivity index (χ0) is 12.1. The highest BCUT2D eigenvalue weighted by molar-refractivity contribution is 5.12. The summed E-state index contributed by atoms with van der Waals surface area (Å²) in [7, 11) is 2.22. The number of rotatable bonds is 4. The molecule has 0 amide bonds. The Bertz CT molecular complexity index is 319. The second kappa shape index (κ2) is 6.12. The van der Waals surface area contributed by atoms with Gasteiger partial charge >= 0.3 is 0 Å². The van der Waals surface area contributed by atoms with Gasteiger partial charge in [-0.25, -0.2) is 0 Å². The topological polar surface area (TPSA) is 28.2 Å². The van der Waals surface area contributed by atoms with E-state index in [0.29, 0.717) is 6.04 Å². The van der Waals surface area contributed by atoms with E-state index in [9.17, 15) is 0 Å². The minimum Gasteiger partial charge on any atom is -0.317 e. The van der Waals surface area contributed by atoms with Crippen LogP contribution in [0.15, 0.2) is 24.5 Å². The third-order valence-electron chi connectivity index (χ3n) is 3.83. The maximum Gasteiger partial charge on any atom is 0.0332 e. The number of nitrogens with zero attached hydrogens (tertiary/aromatic N) is 2. The zero-order valence-electron chi connectivity index (χ0n) is 10.9. The molecule has 1 aromatic heterocycles. The first-order chi connectivity index (χ1) is 8.27. The molecule has 1 unspecified atom stereocenters. The third-order valence-corrected chi connectivity index (χ3v) is 3.83. The van der Waals surface area contributed by atoms with Crippen molar-refractivity contribution in [2.75, 3.05) is 26.7 Å². The number of hydrogen-bond donors (Lipinski definition) is 1. The fourth-order valence-electron chi connectivity index (χ4n) is 2.51. The van der Waals surface area contributed by atoms with Crippen molar-refractivity contribution in [2.45, 2.75) is 25.8 Å². The summed E-state index contributed by atoms with van der Waals surface area (Å²) >= 11 is 0. The van der Waals surface area contributed by atoms with Crippen LogP contribution in [0.4, 0.5) is 0 Å². The Balaban J connectivity index is 1.88. The molecule has 0 spiro atoms. The monoisotopic (exact) mass is 233 g/mol. The molecular formula is C14H23N3. The lowest BCUT2D eigenvalue weighted by Crippen LogP contribution is -2.35. The largest absolute Gasteiger partial charge is 0.317 e. The van der Waals surface area contributed by atoms with Gasteiger partial charge in [0.25, 0.3) is 0 Å². The third kappa shape index (κ3) is 3.51. The molecular weight excluding hydrogens is 210 g/mol. The Morgan fingerprint density at radius 3 is 2.88 bits per heavy atom. The summed E-state index contributed by atoms with van der Waals surface area (Å²) in [4.78, 5) is 6.65. The molecule has 17 heavy (non-hydrogen) atoms. The van der Waals surface area contributed by atoms with Gasteiger partial charge in [-0.2, -0.15) is 0 Å². The summed E-state index contributed by atoms with van der Waals surface area (Å²) in [6, 6.07) is 4.64. The van der Waals surface area contributed by atoms with Crippen LogP contribution in [0.3, 0.4) is 0 Å². The van der Waals surface area contributed by atoms with Crippen molar-refractivity contribution in [3.8, 4) is 0 Å². The van der Waals surface area contributed by atoms with Gasteiger partial charge in [-0.3, -0.25) is 9.88 Å². The van der Waals surface area contributed by atoms with E-state index in [1.807, 2.05) is 18.5 Å². The van der Waals surface area contributed by atoms with Crippen LogP contribution in [0, 0.1) is 5.92 Å². The van der Waals surface area contributed by atoms with Crippen molar-refractivity contribution < 1.29 is 0 Å². The standard InChI is InChI=1S/C14H23N3/c1-12(14-4-3-7-16-10-14)17(2)11-13-5-8-15-9-6-13/h3-4,7,10,12-13,15H,5-6,8-9,11H2,1-2H3. The maximum absolute atomic E-state index is 4.20. The van der Waals surface area contributed by atoms with Crippen LogP contribution in [0.5, 0.6) is 0 Å². The van der Waals surface area contributed by atoms with Crippen LogP contribution in [-0.2, 0) is 0 Å². The minimum absolute atomic E-state index is 0.457. The normalized spacial score (nSPS) is 19.5. The number of hydrogen-bond acceptors (Lipinski definition) is 3. The van der Waals surface area contributed by atoms with Crippen LogP contribution in [-0.4, -0.2) is 36.6 Å². The van der Waals surface area contributed by atoms with Gasteiger partial charge in [0.1, 0.15) is 0 Å². The molecule has 0 aromatic carbocycles. The van der Waals surface area contributed by atoms with E-state index >= 15 is 0 Å². The summed E-state index contributed by atoms with van der Waals surface area (Å²) in [6.07, 6.45) is 6.43. The van der Waals surface area contributed by atoms with E-state index in [4.69, 9.17) is 0 Å². The quantitative estimate of drug-likeness (QED) is 0.863. The minimum atomic E-state index is 0.457. The average molecular weight is 233 g/mol. The molecule has 1 fully saturated rings. The van der Waals surface area contributed by atoms with E-state index < -0.39 is 0 Å². The van der Waals surface area contributed by atoms with Gasteiger partial charge in [0, 0.05) is 25.0 Å². The lowest BCUT2D eigenvalue weighted by molar-refractivity contribution is 0.196. The SMILES string of the molecule is CC(c1cccnc1)N(C)CC1CCNCC1. The fraction of sp³-hybridized carbons (Fsp3) is 0.643. The zero-order valence-corrected chi connectivity index (χ0v) is 10.9. The number of piperidine rings is 1. The van der Waals surface area contributed by atoms with Gasteiger partial charge in [0.05, 0.1) is 0 Å². The highest BCUT2D eigenvalue weighted by Gasteiger charge is 2.18. The molecule has 3 heteroatoms. The molecule has 0 aliphatic carbocycles. The van der Waals surface area contributed by atoms with Crippen molar-refractivity contribution in [2.24, 2.45) is 5.92 Å². The summed E-state index contributed by atoms with van der Waals surface area (Å²) < 4.78 is 0. The van der Waals surface area contributed by atoms with Gasteiger partial charge < -0.3 is 5.32 Å². The Hall–Kier alpha value is -0.930. The summed E-state index contributed by atoms with van der Waals surface area (Å²) in [5.41, 5.74) is 1.31. The highest BCUT2D eigenvalue weighted by atomic mass is 15.1. The summed E-state index contributed by atoms with van der Waals surface area (Å²) in [6.45, 7) is 5.81. The molecule has 1 aliphatic heterocycles. The van der Waals surface area contributed by atoms with Crippen molar-refractivity contribution in [1.29, 1.82) is 0 Å². The highest BCUT2D eigenvalue weighted by Crippen LogP contribution is 2.21. The fourth-order valence-corrected chi connectivity index (χ4v) is 2.51. The smallest absolute Gasteiger partial charge is 0.0332 e. The van der Waals surface area contributed by atoms with Gasteiger partial charge in [-0.15, -0.1) is 0 Å². The van der Waals surface area contributed by atoms with Gasteiger partial charge in [0.2, 0.25) is 0 Å². The van der Waals surface area contributed by atoms with Crippen molar-refractivity contribution in [1.82, 2.24) is 15.2 Å². The summed E-state index contributed by atoms with van der Waals surface area (Å²) in [5.74, 6) is 0.848. The molecule has 0 saturated carbocycles. The molecule has 94 valence electrons. The van der Waals surface area contributed by atoms with Gasteiger partial charge in [0.15, 0.2) is 0 Å². The van der Waals surface area contributed by atoms with Crippen molar-refractivity contribution in [3.05, 3.63) is 30.1 Å². The molecule has 0 bridgehead atoms. The average Bonchev–Trinajstić information content (AvgIpc) is 2.40. The van der Waals surface area contributed by atoms with Crippen LogP contribution >= 0.6 is 0 Å². The second-order valence-electron chi connectivity index (χ2n) is 5.10. The maximum atomic E-state index is 4.20. The van der Waals surface area contributed by atoms with Crippen molar-refractivity contribution in [3.63, 3.8) is 0 Å². The Morgan fingerprint density at radius 1 is 1.47 bits per heavy atom. The van der Waals surface area contributed by atoms with Crippen LogP contribution < -0.4 is 5.32 Å². The van der Waals surface area contributed by atoms with Crippen LogP contribution in [0.1, 0.15) is 31.4 Å². The molecule has 3 nitrogen and oxygen atoms in total. The molecule has 1 N–H and O–H groups in total. The first-order valence-corrected chi connectivity index (χ1v) is 6.58. The molecule has 1 aliphatic rings. The van der Waals surface area contributed by atoms with E-state index in [1.54, 1.807) is 0 Å².